The minimum Gasteiger partial charge on any atom is -0.379 e. The van der Waals surface area contributed by atoms with Gasteiger partial charge in [-0.15, -0.1) is 0 Å². The number of halogens is 2. The number of rotatable bonds is 7. The Morgan fingerprint density at radius 2 is 2.08 bits per heavy atom. The Kier molecular flexibility index (Phi) is 8.82. The summed E-state index contributed by atoms with van der Waals surface area (Å²) in [6.07, 6.45) is 1.03. The molecule has 0 saturated carbocycles. The second-order valence-corrected chi connectivity index (χ2v) is 6.94. The average Bonchev–Trinajstić information content (AvgIpc) is 2.59. The molecule has 0 bridgehead atoms. The predicted octanol–water partition coefficient (Wildman–Crippen LogP) is 3.33. The maximum atomic E-state index is 6.30. The van der Waals surface area contributed by atoms with Crippen molar-refractivity contribution in [2.24, 2.45) is 4.99 Å². The monoisotopic (exact) mass is 386 g/mol. The number of guanidine groups is 1. The number of hydrogen-bond donors (Lipinski definition) is 2. The lowest BCUT2D eigenvalue weighted by Crippen LogP contribution is -2.39. The van der Waals surface area contributed by atoms with Crippen LogP contribution in [0.15, 0.2) is 23.2 Å². The van der Waals surface area contributed by atoms with Crippen molar-refractivity contribution in [1.82, 2.24) is 15.5 Å². The zero-order valence-corrected chi connectivity index (χ0v) is 16.5. The van der Waals surface area contributed by atoms with Gasteiger partial charge in [0.15, 0.2) is 5.96 Å². The first kappa shape index (κ1) is 20.3. The van der Waals surface area contributed by atoms with Gasteiger partial charge in [0.1, 0.15) is 0 Å². The van der Waals surface area contributed by atoms with E-state index in [-0.39, 0.29) is 6.04 Å². The molecule has 1 aliphatic rings. The lowest BCUT2D eigenvalue weighted by atomic mass is 10.1. The van der Waals surface area contributed by atoms with E-state index in [4.69, 9.17) is 27.9 Å². The topological polar surface area (TPSA) is 48.9 Å². The van der Waals surface area contributed by atoms with Gasteiger partial charge in [-0.3, -0.25) is 9.89 Å². The highest BCUT2D eigenvalue weighted by Gasteiger charge is 2.12. The van der Waals surface area contributed by atoms with Gasteiger partial charge < -0.3 is 15.4 Å². The molecule has 1 fully saturated rings. The summed E-state index contributed by atoms with van der Waals surface area (Å²) in [5.74, 6) is 0.808. The molecule has 0 aromatic heterocycles. The molecule has 0 amide bonds. The molecule has 2 rings (SSSR count). The van der Waals surface area contributed by atoms with E-state index in [2.05, 4.69) is 34.4 Å². The number of ether oxygens (including phenoxy) is 1. The van der Waals surface area contributed by atoms with Gasteiger partial charge in [-0.1, -0.05) is 29.3 Å². The molecule has 140 valence electrons. The van der Waals surface area contributed by atoms with E-state index in [9.17, 15) is 0 Å². The van der Waals surface area contributed by atoms with Crippen LogP contribution in [0.5, 0.6) is 0 Å². The molecular formula is C18H28Cl2N4O. The van der Waals surface area contributed by atoms with Crippen molar-refractivity contribution >= 4 is 29.2 Å². The van der Waals surface area contributed by atoms with Crippen LogP contribution in [0.1, 0.15) is 31.9 Å². The standard InChI is InChI=1S/C18H28Cl2N4O/c1-3-21-18(22-7-4-8-24-9-11-25-12-10-24)23-14(2)16-6-5-15(19)13-17(16)20/h5-6,13-14H,3-4,7-12H2,1-2H3,(H2,21,22,23). The zero-order valence-electron chi connectivity index (χ0n) is 15.0. The molecule has 1 heterocycles. The highest BCUT2D eigenvalue weighted by molar-refractivity contribution is 6.35. The van der Waals surface area contributed by atoms with Crippen molar-refractivity contribution in [2.75, 3.05) is 45.9 Å². The highest BCUT2D eigenvalue weighted by Crippen LogP contribution is 2.25. The summed E-state index contributed by atoms with van der Waals surface area (Å²) in [6, 6.07) is 5.61. The number of nitrogens with zero attached hydrogens (tertiary/aromatic N) is 2. The fourth-order valence-corrected chi connectivity index (χ4v) is 3.34. The summed E-state index contributed by atoms with van der Waals surface area (Å²) >= 11 is 12.3. The summed E-state index contributed by atoms with van der Waals surface area (Å²) in [6.45, 7) is 10.5. The largest absolute Gasteiger partial charge is 0.379 e. The third-order valence-corrected chi connectivity index (χ3v) is 4.69. The minimum absolute atomic E-state index is 0.0433. The third kappa shape index (κ3) is 7.02. The van der Waals surface area contributed by atoms with E-state index in [0.717, 1.165) is 63.9 Å². The van der Waals surface area contributed by atoms with E-state index < -0.39 is 0 Å². The Balaban J connectivity index is 1.85. The van der Waals surface area contributed by atoms with Gasteiger partial charge in [-0.2, -0.15) is 0 Å². The van der Waals surface area contributed by atoms with Crippen LogP contribution in [0.25, 0.3) is 0 Å². The molecule has 0 aliphatic carbocycles. The molecule has 0 radical (unpaired) electrons. The smallest absolute Gasteiger partial charge is 0.191 e. The van der Waals surface area contributed by atoms with Gasteiger partial charge in [0.2, 0.25) is 0 Å². The van der Waals surface area contributed by atoms with Crippen LogP contribution in [0.2, 0.25) is 10.0 Å². The van der Waals surface area contributed by atoms with Gasteiger partial charge in [0, 0.05) is 42.8 Å². The van der Waals surface area contributed by atoms with E-state index in [0.29, 0.717) is 10.0 Å². The second kappa shape index (κ2) is 10.9. The average molecular weight is 387 g/mol. The normalized spacial score (nSPS) is 17.4. The van der Waals surface area contributed by atoms with Gasteiger partial charge in [-0.05, 0) is 38.0 Å². The predicted molar refractivity (Wildman–Crippen MR) is 106 cm³/mol. The van der Waals surface area contributed by atoms with Crippen LogP contribution in [-0.4, -0.2) is 56.8 Å². The van der Waals surface area contributed by atoms with Crippen LogP contribution in [0, 0.1) is 0 Å². The van der Waals surface area contributed by atoms with E-state index in [1.54, 1.807) is 6.07 Å². The first-order valence-electron chi connectivity index (χ1n) is 8.90. The number of morpholine rings is 1. The van der Waals surface area contributed by atoms with E-state index in [1.807, 2.05) is 12.1 Å². The maximum Gasteiger partial charge on any atom is 0.191 e. The van der Waals surface area contributed by atoms with E-state index in [1.165, 1.54) is 0 Å². The van der Waals surface area contributed by atoms with Crippen LogP contribution >= 0.6 is 23.2 Å². The first-order chi connectivity index (χ1) is 12.1. The molecule has 7 heteroatoms. The fraction of sp³-hybridized carbons (Fsp3) is 0.611. The number of aliphatic imine (C=N–C) groups is 1. The Morgan fingerprint density at radius 3 is 2.76 bits per heavy atom. The Hall–Kier alpha value is -1.01. The molecule has 1 aromatic carbocycles. The molecule has 5 nitrogen and oxygen atoms in total. The fourth-order valence-electron chi connectivity index (χ4n) is 2.77. The molecule has 1 aromatic rings. The third-order valence-electron chi connectivity index (χ3n) is 4.13. The molecular weight excluding hydrogens is 359 g/mol. The minimum atomic E-state index is 0.0433. The lowest BCUT2D eigenvalue weighted by Gasteiger charge is -2.26. The summed E-state index contributed by atoms with van der Waals surface area (Å²) in [4.78, 5) is 7.10. The van der Waals surface area contributed by atoms with Gasteiger partial charge in [0.25, 0.3) is 0 Å². The summed E-state index contributed by atoms with van der Waals surface area (Å²) in [5.41, 5.74) is 1.00. The molecule has 1 unspecified atom stereocenters. The van der Waals surface area contributed by atoms with Crippen molar-refractivity contribution in [1.29, 1.82) is 0 Å². The molecule has 1 saturated heterocycles. The summed E-state index contributed by atoms with van der Waals surface area (Å²) < 4.78 is 5.37. The van der Waals surface area contributed by atoms with Crippen molar-refractivity contribution in [3.05, 3.63) is 33.8 Å². The lowest BCUT2D eigenvalue weighted by molar-refractivity contribution is 0.0377. The molecule has 2 N–H and O–H groups in total. The Bertz CT molecular complexity index is 562. The quantitative estimate of drug-likeness (QED) is 0.428. The van der Waals surface area contributed by atoms with Crippen LogP contribution in [0.4, 0.5) is 0 Å². The van der Waals surface area contributed by atoms with Crippen molar-refractivity contribution in [2.45, 2.75) is 26.3 Å². The number of hydrogen-bond acceptors (Lipinski definition) is 3. The summed E-state index contributed by atoms with van der Waals surface area (Å²) in [7, 11) is 0. The van der Waals surface area contributed by atoms with Gasteiger partial charge >= 0.3 is 0 Å². The maximum absolute atomic E-state index is 6.30. The Labute approximate surface area is 160 Å². The molecule has 1 atom stereocenters. The van der Waals surface area contributed by atoms with Crippen molar-refractivity contribution in [3.63, 3.8) is 0 Å². The summed E-state index contributed by atoms with van der Waals surface area (Å²) in [5, 5.41) is 8.01. The van der Waals surface area contributed by atoms with Gasteiger partial charge in [-0.25, -0.2) is 0 Å². The Morgan fingerprint density at radius 1 is 1.32 bits per heavy atom. The molecule has 25 heavy (non-hydrogen) atoms. The van der Waals surface area contributed by atoms with Crippen molar-refractivity contribution in [3.8, 4) is 0 Å². The van der Waals surface area contributed by atoms with Gasteiger partial charge in [0.05, 0.1) is 19.3 Å². The van der Waals surface area contributed by atoms with E-state index >= 15 is 0 Å². The molecule has 0 spiro atoms. The van der Waals surface area contributed by atoms with Crippen molar-refractivity contribution < 1.29 is 4.74 Å². The SMILES string of the molecule is CCNC(=NCCCN1CCOCC1)NC(C)c1ccc(Cl)cc1Cl. The van der Waals surface area contributed by atoms with Crippen LogP contribution in [-0.2, 0) is 4.74 Å². The van der Waals surface area contributed by atoms with Crippen LogP contribution < -0.4 is 10.6 Å². The number of nitrogens with one attached hydrogen (secondary N) is 2. The van der Waals surface area contributed by atoms with Crippen LogP contribution in [0.3, 0.4) is 0 Å². The number of benzene rings is 1. The highest BCUT2D eigenvalue weighted by atomic mass is 35.5. The molecule has 1 aliphatic heterocycles. The second-order valence-electron chi connectivity index (χ2n) is 6.10. The zero-order chi connectivity index (χ0) is 18.1. The first-order valence-corrected chi connectivity index (χ1v) is 9.65.